The van der Waals surface area contributed by atoms with Crippen LogP contribution in [0, 0.1) is 6.92 Å². The van der Waals surface area contributed by atoms with E-state index >= 15 is 0 Å². The quantitative estimate of drug-likeness (QED) is 0.742. The number of benzene rings is 2. The minimum atomic E-state index is -0.351. The van der Waals surface area contributed by atoms with E-state index in [1.165, 1.54) is 11.3 Å². The summed E-state index contributed by atoms with van der Waals surface area (Å²) in [5.74, 6) is 1.32. The lowest BCUT2D eigenvalue weighted by atomic mass is 10.2. The maximum atomic E-state index is 12.1. The van der Waals surface area contributed by atoms with E-state index in [1.54, 1.807) is 20.3 Å². The third kappa shape index (κ3) is 3.26. The third-order valence-electron chi connectivity index (χ3n) is 3.44. The van der Waals surface area contributed by atoms with E-state index in [-0.39, 0.29) is 6.03 Å². The number of ether oxygens (including phenoxy) is 2. The first kappa shape index (κ1) is 16.1. The van der Waals surface area contributed by atoms with E-state index in [4.69, 9.17) is 9.47 Å². The molecule has 6 nitrogen and oxygen atoms in total. The van der Waals surface area contributed by atoms with Gasteiger partial charge >= 0.3 is 6.03 Å². The number of hydrogen-bond acceptors (Lipinski definition) is 5. The van der Waals surface area contributed by atoms with Crippen molar-refractivity contribution in [1.29, 1.82) is 0 Å². The first-order chi connectivity index (χ1) is 11.6. The van der Waals surface area contributed by atoms with Crippen LogP contribution in [0.3, 0.4) is 0 Å². The summed E-state index contributed by atoms with van der Waals surface area (Å²) in [6, 6.07) is 10.8. The molecule has 0 fully saturated rings. The molecule has 0 aliphatic rings. The van der Waals surface area contributed by atoms with Crippen LogP contribution in [0.15, 0.2) is 36.4 Å². The number of aromatic nitrogens is 1. The predicted octanol–water partition coefficient (Wildman–Crippen LogP) is 4.27. The Morgan fingerprint density at radius 3 is 2.33 bits per heavy atom. The second-order valence-electron chi connectivity index (χ2n) is 5.11. The zero-order valence-electron chi connectivity index (χ0n) is 13.5. The Balaban J connectivity index is 1.82. The second kappa shape index (κ2) is 6.76. The van der Waals surface area contributed by atoms with Gasteiger partial charge < -0.3 is 14.8 Å². The molecule has 2 N–H and O–H groups in total. The van der Waals surface area contributed by atoms with Crippen molar-refractivity contribution in [2.45, 2.75) is 6.92 Å². The Bertz CT molecular complexity index is 834. The highest BCUT2D eigenvalue weighted by Crippen LogP contribution is 2.38. The number of nitrogens with zero attached hydrogens (tertiary/aromatic N) is 1. The first-order valence-electron chi connectivity index (χ1n) is 7.27. The van der Waals surface area contributed by atoms with Crippen molar-refractivity contribution < 1.29 is 14.3 Å². The molecule has 0 bridgehead atoms. The Kier molecular flexibility index (Phi) is 4.52. The van der Waals surface area contributed by atoms with E-state index in [2.05, 4.69) is 15.6 Å². The number of urea groups is 1. The van der Waals surface area contributed by atoms with Crippen LogP contribution >= 0.6 is 11.3 Å². The number of nitrogens with one attached hydrogen (secondary N) is 2. The van der Waals surface area contributed by atoms with Crippen molar-refractivity contribution in [3.8, 4) is 11.5 Å². The lowest BCUT2D eigenvalue weighted by Gasteiger charge is -2.05. The Morgan fingerprint density at radius 2 is 1.67 bits per heavy atom. The maximum absolute atomic E-state index is 12.1. The predicted molar refractivity (Wildman–Crippen MR) is 96.5 cm³/mol. The molecule has 0 atom stereocenters. The van der Waals surface area contributed by atoms with Crippen molar-refractivity contribution in [2.75, 3.05) is 24.9 Å². The highest BCUT2D eigenvalue weighted by atomic mass is 32.1. The molecule has 1 aromatic heterocycles. The number of aryl methyl sites for hydroxylation is 1. The molecule has 2 aromatic carbocycles. The fourth-order valence-electron chi connectivity index (χ4n) is 2.24. The van der Waals surface area contributed by atoms with Crippen LogP contribution in [0.1, 0.15) is 5.56 Å². The number of methoxy groups -OCH3 is 2. The number of thiazole rings is 1. The zero-order chi connectivity index (χ0) is 17.1. The minimum absolute atomic E-state index is 0.351. The first-order valence-corrected chi connectivity index (χ1v) is 8.08. The maximum Gasteiger partial charge on any atom is 0.325 e. The Labute approximate surface area is 143 Å². The van der Waals surface area contributed by atoms with Crippen LogP contribution in [0.4, 0.5) is 15.6 Å². The molecule has 3 rings (SSSR count). The van der Waals surface area contributed by atoms with Crippen LogP contribution in [-0.4, -0.2) is 25.2 Å². The molecule has 0 saturated heterocycles. The van der Waals surface area contributed by atoms with Gasteiger partial charge in [-0.15, -0.1) is 0 Å². The van der Waals surface area contributed by atoms with Gasteiger partial charge in [0, 0.05) is 5.69 Å². The summed E-state index contributed by atoms with van der Waals surface area (Å²) in [5, 5.41) is 5.99. The normalized spacial score (nSPS) is 10.5. The smallest absolute Gasteiger partial charge is 0.325 e. The van der Waals surface area contributed by atoms with Gasteiger partial charge in [-0.05, 0) is 31.2 Å². The summed E-state index contributed by atoms with van der Waals surface area (Å²) in [5.41, 5.74) is 2.51. The van der Waals surface area contributed by atoms with E-state index in [9.17, 15) is 4.79 Å². The summed E-state index contributed by atoms with van der Waals surface area (Å²) in [6.07, 6.45) is 0. The topological polar surface area (TPSA) is 72.5 Å². The summed E-state index contributed by atoms with van der Waals surface area (Å²) in [6.45, 7) is 1.99. The Morgan fingerprint density at radius 1 is 1.00 bits per heavy atom. The molecule has 2 amide bonds. The van der Waals surface area contributed by atoms with Gasteiger partial charge in [0.15, 0.2) is 5.13 Å². The standard InChI is InChI=1S/C17H17N3O3S/c1-10-4-6-11(7-5-10)18-16(21)20-17-19-14-12(22-2)8-9-13(23-3)15(14)24-17/h4-9H,1-3H3,(H2,18,19,20,21). The monoisotopic (exact) mass is 343 g/mol. The van der Waals surface area contributed by atoms with Crippen molar-refractivity contribution in [1.82, 2.24) is 4.98 Å². The van der Waals surface area contributed by atoms with E-state index in [0.29, 0.717) is 22.1 Å². The number of rotatable bonds is 4. The SMILES string of the molecule is COc1ccc(OC)c2sc(NC(=O)Nc3ccc(C)cc3)nc12. The number of carbonyl (C=O) groups is 1. The van der Waals surface area contributed by atoms with Gasteiger partial charge in [0.05, 0.1) is 14.2 Å². The van der Waals surface area contributed by atoms with Crippen molar-refractivity contribution >= 4 is 38.4 Å². The molecule has 0 saturated carbocycles. The molecule has 3 aromatic rings. The largest absolute Gasteiger partial charge is 0.495 e. The summed E-state index contributed by atoms with van der Waals surface area (Å²) in [7, 11) is 3.18. The molecule has 7 heteroatoms. The molecule has 0 radical (unpaired) electrons. The molecule has 0 unspecified atom stereocenters. The Hall–Kier alpha value is -2.80. The second-order valence-corrected chi connectivity index (χ2v) is 6.11. The summed E-state index contributed by atoms with van der Waals surface area (Å²) >= 11 is 1.33. The van der Waals surface area contributed by atoms with Gasteiger partial charge in [-0.1, -0.05) is 29.0 Å². The average Bonchev–Trinajstić information content (AvgIpc) is 2.99. The molecule has 0 aliphatic carbocycles. The molecular weight excluding hydrogens is 326 g/mol. The van der Waals surface area contributed by atoms with E-state index in [0.717, 1.165) is 16.0 Å². The fraction of sp³-hybridized carbons (Fsp3) is 0.176. The number of fused-ring (bicyclic) bond motifs is 1. The summed E-state index contributed by atoms with van der Waals surface area (Å²) < 4.78 is 11.5. The highest BCUT2D eigenvalue weighted by Gasteiger charge is 2.15. The van der Waals surface area contributed by atoms with Gasteiger partial charge in [0.1, 0.15) is 21.7 Å². The molecule has 124 valence electrons. The van der Waals surface area contributed by atoms with Crippen LogP contribution in [0.2, 0.25) is 0 Å². The van der Waals surface area contributed by atoms with Crippen LogP contribution in [0.5, 0.6) is 11.5 Å². The highest BCUT2D eigenvalue weighted by molar-refractivity contribution is 7.22. The number of anilines is 2. The molecule has 1 heterocycles. The van der Waals surface area contributed by atoms with E-state index in [1.807, 2.05) is 37.3 Å². The van der Waals surface area contributed by atoms with Crippen LogP contribution < -0.4 is 20.1 Å². The van der Waals surface area contributed by atoms with Crippen LogP contribution in [-0.2, 0) is 0 Å². The van der Waals surface area contributed by atoms with Crippen molar-refractivity contribution in [3.05, 3.63) is 42.0 Å². The van der Waals surface area contributed by atoms with Crippen LogP contribution in [0.25, 0.3) is 10.2 Å². The lowest BCUT2D eigenvalue weighted by molar-refractivity contribution is 0.262. The van der Waals surface area contributed by atoms with Gasteiger partial charge in [0.25, 0.3) is 0 Å². The number of amides is 2. The molecular formula is C17H17N3O3S. The van der Waals surface area contributed by atoms with Gasteiger partial charge in [-0.2, -0.15) is 0 Å². The lowest BCUT2D eigenvalue weighted by Crippen LogP contribution is -2.19. The average molecular weight is 343 g/mol. The molecule has 0 spiro atoms. The molecule has 24 heavy (non-hydrogen) atoms. The third-order valence-corrected chi connectivity index (χ3v) is 4.43. The van der Waals surface area contributed by atoms with Crippen molar-refractivity contribution in [2.24, 2.45) is 0 Å². The zero-order valence-corrected chi connectivity index (χ0v) is 14.4. The number of hydrogen-bond donors (Lipinski definition) is 2. The number of carbonyl (C=O) groups excluding carboxylic acids is 1. The molecule has 0 aliphatic heterocycles. The van der Waals surface area contributed by atoms with Crippen molar-refractivity contribution in [3.63, 3.8) is 0 Å². The van der Waals surface area contributed by atoms with Gasteiger partial charge in [-0.25, -0.2) is 9.78 Å². The minimum Gasteiger partial charge on any atom is -0.495 e. The summed E-state index contributed by atoms with van der Waals surface area (Å²) in [4.78, 5) is 16.6. The van der Waals surface area contributed by atoms with Gasteiger partial charge in [0.2, 0.25) is 0 Å². The fourth-order valence-corrected chi connectivity index (χ4v) is 3.20. The van der Waals surface area contributed by atoms with Gasteiger partial charge in [-0.3, -0.25) is 5.32 Å². The van der Waals surface area contributed by atoms with E-state index < -0.39 is 0 Å².